The molecular weight excluding hydrogens is 210 g/mol. The van der Waals surface area contributed by atoms with Gasteiger partial charge >= 0.3 is 0 Å². The van der Waals surface area contributed by atoms with Crippen LogP contribution in [0.5, 0.6) is 0 Å². The molecule has 0 spiro atoms. The Bertz CT molecular complexity index is 479. The third-order valence-electron chi connectivity index (χ3n) is 2.58. The first-order chi connectivity index (χ1) is 8.27. The number of hydrogen-bond acceptors (Lipinski definition) is 1. The second-order valence-electron chi connectivity index (χ2n) is 3.85. The zero-order valence-corrected chi connectivity index (χ0v) is 9.76. The molecule has 0 N–H and O–H groups in total. The van der Waals surface area contributed by atoms with Gasteiger partial charge in [0.2, 0.25) is 5.91 Å². The molecular formula is C15H14NO. The Kier molecular flexibility index (Phi) is 3.55. The van der Waals surface area contributed by atoms with Gasteiger partial charge in [0.15, 0.2) is 0 Å². The van der Waals surface area contributed by atoms with Crippen molar-refractivity contribution >= 4 is 11.6 Å². The van der Waals surface area contributed by atoms with Gasteiger partial charge in [-0.15, -0.1) is 0 Å². The van der Waals surface area contributed by atoms with E-state index in [0.29, 0.717) is 6.54 Å². The Morgan fingerprint density at radius 2 is 1.76 bits per heavy atom. The van der Waals surface area contributed by atoms with E-state index in [0.717, 1.165) is 11.3 Å². The molecule has 0 saturated heterocycles. The minimum atomic E-state index is 0.0417. The first-order valence-electron chi connectivity index (χ1n) is 5.55. The molecule has 2 aromatic rings. The van der Waals surface area contributed by atoms with E-state index < -0.39 is 0 Å². The molecule has 0 aliphatic carbocycles. The molecule has 2 rings (SSSR count). The highest BCUT2D eigenvalue weighted by Crippen LogP contribution is 2.16. The van der Waals surface area contributed by atoms with Gasteiger partial charge < -0.3 is 4.90 Å². The van der Waals surface area contributed by atoms with Crippen LogP contribution in [0.4, 0.5) is 5.69 Å². The molecule has 0 aliphatic heterocycles. The van der Waals surface area contributed by atoms with Gasteiger partial charge in [-0.3, -0.25) is 4.79 Å². The Balaban J connectivity index is 2.23. The molecule has 85 valence electrons. The topological polar surface area (TPSA) is 20.3 Å². The Morgan fingerprint density at radius 3 is 2.35 bits per heavy atom. The number of anilines is 1. The van der Waals surface area contributed by atoms with Gasteiger partial charge in [-0.25, -0.2) is 0 Å². The summed E-state index contributed by atoms with van der Waals surface area (Å²) in [5, 5.41) is 0. The van der Waals surface area contributed by atoms with Crippen molar-refractivity contribution in [3.8, 4) is 0 Å². The third kappa shape index (κ3) is 2.94. The molecule has 2 aromatic carbocycles. The summed E-state index contributed by atoms with van der Waals surface area (Å²) >= 11 is 0. The van der Waals surface area contributed by atoms with Crippen LogP contribution in [0.1, 0.15) is 12.5 Å². The van der Waals surface area contributed by atoms with Gasteiger partial charge in [-0.2, -0.15) is 0 Å². The first kappa shape index (κ1) is 11.4. The second kappa shape index (κ2) is 5.30. The standard InChI is InChI=1S/C15H14NO/c1-13(17)16(15-10-6-3-7-11-15)12-14-8-4-2-5-9-14/h2,4-11H,12H2,1H3. The van der Waals surface area contributed by atoms with E-state index in [4.69, 9.17) is 0 Å². The van der Waals surface area contributed by atoms with E-state index in [1.54, 1.807) is 11.8 Å². The van der Waals surface area contributed by atoms with Crippen molar-refractivity contribution in [3.05, 3.63) is 66.2 Å². The molecule has 0 atom stereocenters. The molecule has 2 heteroatoms. The summed E-state index contributed by atoms with van der Waals surface area (Å²) in [5.41, 5.74) is 2.02. The zero-order valence-electron chi connectivity index (χ0n) is 9.76. The van der Waals surface area contributed by atoms with Crippen molar-refractivity contribution in [1.29, 1.82) is 0 Å². The Labute approximate surface area is 102 Å². The molecule has 1 amide bonds. The fourth-order valence-corrected chi connectivity index (χ4v) is 1.71. The summed E-state index contributed by atoms with van der Waals surface area (Å²) in [4.78, 5) is 13.4. The highest BCUT2D eigenvalue weighted by molar-refractivity contribution is 5.91. The SMILES string of the molecule is CC(=O)N(Cc1ccccc1)c1cc[c]cc1. The molecule has 0 aromatic heterocycles. The van der Waals surface area contributed by atoms with Gasteiger partial charge in [-0.1, -0.05) is 42.5 Å². The average Bonchev–Trinajstić information content (AvgIpc) is 2.38. The number of hydrogen-bond donors (Lipinski definition) is 0. The highest BCUT2D eigenvalue weighted by Gasteiger charge is 2.10. The van der Waals surface area contributed by atoms with Crippen LogP contribution in [0, 0.1) is 6.07 Å². The fraction of sp³-hybridized carbons (Fsp3) is 0.133. The predicted octanol–water partition coefficient (Wildman–Crippen LogP) is 3.04. The summed E-state index contributed by atoms with van der Waals surface area (Å²) in [5.74, 6) is 0.0417. The van der Waals surface area contributed by atoms with Gasteiger partial charge in [0.25, 0.3) is 0 Å². The minimum absolute atomic E-state index is 0.0417. The summed E-state index contributed by atoms with van der Waals surface area (Å²) in [6, 6.07) is 20.3. The summed E-state index contributed by atoms with van der Waals surface area (Å²) < 4.78 is 0. The van der Waals surface area contributed by atoms with Gasteiger partial charge in [0, 0.05) is 12.6 Å². The van der Waals surface area contributed by atoms with Gasteiger partial charge in [-0.05, 0) is 23.8 Å². The summed E-state index contributed by atoms with van der Waals surface area (Å²) in [6.45, 7) is 2.18. The number of benzene rings is 2. The molecule has 2 nitrogen and oxygen atoms in total. The van der Waals surface area contributed by atoms with Crippen LogP contribution in [-0.4, -0.2) is 5.91 Å². The normalized spacial score (nSPS) is 9.94. The Hall–Kier alpha value is -2.09. The lowest BCUT2D eigenvalue weighted by molar-refractivity contribution is -0.116. The van der Waals surface area contributed by atoms with E-state index in [9.17, 15) is 4.79 Å². The fourth-order valence-electron chi connectivity index (χ4n) is 1.71. The maximum atomic E-state index is 11.7. The van der Waals surface area contributed by atoms with Crippen LogP contribution < -0.4 is 4.90 Å². The number of carbonyl (C=O) groups is 1. The predicted molar refractivity (Wildman–Crippen MR) is 68.6 cm³/mol. The maximum Gasteiger partial charge on any atom is 0.224 e. The lowest BCUT2D eigenvalue weighted by Gasteiger charge is -2.21. The number of nitrogens with zero attached hydrogens (tertiary/aromatic N) is 1. The minimum Gasteiger partial charge on any atom is -0.308 e. The molecule has 0 unspecified atom stereocenters. The maximum absolute atomic E-state index is 11.7. The molecule has 0 bridgehead atoms. The van der Waals surface area contributed by atoms with Crippen LogP contribution in [0.2, 0.25) is 0 Å². The van der Waals surface area contributed by atoms with Crippen LogP contribution in [0.15, 0.2) is 54.6 Å². The van der Waals surface area contributed by atoms with Crippen LogP contribution in [0.3, 0.4) is 0 Å². The van der Waals surface area contributed by atoms with Crippen molar-refractivity contribution in [1.82, 2.24) is 0 Å². The smallest absolute Gasteiger partial charge is 0.224 e. The molecule has 0 fully saturated rings. The van der Waals surface area contributed by atoms with E-state index in [1.807, 2.05) is 54.6 Å². The summed E-state index contributed by atoms with van der Waals surface area (Å²) in [7, 11) is 0. The molecule has 0 aliphatic rings. The van der Waals surface area contributed by atoms with Crippen LogP contribution in [-0.2, 0) is 11.3 Å². The van der Waals surface area contributed by atoms with Crippen LogP contribution >= 0.6 is 0 Å². The first-order valence-corrected chi connectivity index (χ1v) is 5.55. The average molecular weight is 224 g/mol. The number of rotatable bonds is 3. The van der Waals surface area contributed by atoms with Crippen molar-refractivity contribution in [2.75, 3.05) is 4.90 Å². The van der Waals surface area contributed by atoms with E-state index in [-0.39, 0.29) is 5.91 Å². The quantitative estimate of drug-likeness (QED) is 0.784. The summed E-state index contributed by atoms with van der Waals surface area (Å²) in [6.07, 6.45) is 0. The van der Waals surface area contributed by atoms with Crippen molar-refractivity contribution in [2.45, 2.75) is 13.5 Å². The molecule has 0 heterocycles. The molecule has 0 saturated carbocycles. The molecule has 17 heavy (non-hydrogen) atoms. The van der Waals surface area contributed by atoms with E-state index >= 15 is 0 Å². The van der Waals surface area contributed by atoms with Gasteiger partial charge in [0.1, 0.15) is 0 Å². The lowest BCUT2D eigenvalue weighted by atomic mass is 10.2. The van der Waals surface area contributed by atoms with Crippen LogP contribution in [0.25, 0.3) is 0 Å². The van der Waals surface area contributed by atoms with E-state index in [1.165, 1.54) is 0 Å². The van der Waals surface area contributed by atoms with Crippen molar-refractivity contribution < 1.29 is 4.79 Å². The number of carbonyl (C=O) groups excluding carboxylic acids is 1. The molecule has 1 radical (unpaired) electrons. The zero-order chi connectivity index (χ0) is 12.1. The largest absolute Gasteiger partial charge is 0.308 e. The monoisotopic (exact) mass is 224 g/mol. The number of amides is 1. The lowest BCUT2D eigenvalue weighted by Crippen LogP contribution is -2.27. The second-order valence-corrected chi connectivity index (χ2v) is 3.85. The van der Waals surface area contributed by atoms with Crippen molar-refractivity contribution in [3.63, 3.8) is 0 Å². The van der Waals surface area contributed by atoms with Gasteiger partial charge in [0.05, 0.1) is 6.54 Å². The highest BCUT2D eigenvalue weighted by atomic mass is 16.2. The third-order valence-corrected chi connectivity index (χ3v) is 2.58. The van der Waals surface area contributed by atoms with E-state index in [2.05, 4.69) is 6.07 Å². The van der Waals surface area contributed by atoms with Crippen molar-refractivity contribution in [2.24, 2.45) is 0 Å². The Morgan fingerprint density at radius 1 is 1.12 bits per heavy atom.